The molecule has 2 aromatic rings. The van der Waals surface area contributed by atoms with Gasteiger partial charge in [-0.1, -0.05) is 6.42 Å². The number of nitrogens with one attached hydrogen (secondary N) is 1. The van der Waals surface area contributed by atoms with Crippen molar-refractivity contribution in [3.05, 3.63) is 36.2 Å². The number of aryl methyl sites for hydroxylation is 1. The SMILES string of the molecule is Cc1cc(Nc2cnccn2)nc([C@@H]2CCCCN2CC(=O)O)n1. The molecule has 126 valence electrons. The van der Waals surface area contributed by atoms with Crippen molar-refractivity contribution in [2.75, 3.05) is 18.4 Å². The van der Waals surface area contributed by atoms with E-state index in [-0.39, 0.29) is 12.6 Å². The van der Waals surface area contributed by atoms with E-state index in [0.29, 0.717) is 17.5 Å². The van der Waals surface area contributed by atoms with E-state index in [4.69, 9.17) is 5.11 Å². The molecule has 0 bridgehead atoms. The topological polar surface area (TPSA) is 104 Å². The second-order valence-electron chi connectivity index (χ2n) is 5.84. The Morgan fingerprint density at radius 1 is 1.33 bits per heavy atom. The maximum Gasteiger partial charge on any atom is 0.317 e. The minimum atomic E-state index is -0.826. The highest BCUT2D eigenvalue weighted by Gasteiger charge is 2.28. The predicted octanol–water partition coefficient (Wildman–Crippen LogP) is 1.93. The third kappa shape index (κ3) is 4.02. The van der Waals surface area contributed by atoms with Crippen LogP contribution in [0.15, 0.2) is 24.7 Å². The van der Waals surface area contributed by atoms with E-state index in [1.54, 1.807) is 18.6 Å². The molecule has 1 saturated heterocycles. The summed E-state index contributed by atoms with van der Waals surface area (Å²) in [5.74, 6) is 1.07. The molecule has 8 nitrogen and oxygen atoms in total. The number of hydrogen-bond acceptors (Lipinski definition) is 7. The lowest BCUT2D eigenvalue weighted by Gasteiger charge is -2.33. The van der Waals surface area contributed by atoms with E-state index < -0.39 is 5.97 Å². The third-order valence-corrected chi connectivity index (χ3v) is 3.94. The van der Waals surface area contributed by atoms with Gasteiger partial charge in [-0.05, 0) is 26.3 Å². The Balaban J connectivity index is 1.85. The van der Waals surface area contributed by atoms with Gasteiger partial charge in [-0.3, -0.25) is 14.7 Å². The molecule has 2 N–H and O–H groups in total. The fourth-order valence-corrected chi connectivity index (χ4v) is 2.95. The van der Waals surface area contributed by atoms with E-state index in [2.05, 4.69) is 25.3 Å². The fraction of sp³-hybridized carbons (Fsp3) is 0.438. The highest BCUT2D eigenvalue weighted by atomic mass is 16.4. The number of anilines is 2. The number of piperidine rings is 1. The summed E-state index contributed by atoms with van der Waals surface area (Å²) in [6.07, 6.45) is 7.74. The molecule has 0 amide bonds. The quantitative estimate of drug-likeness (QED) is 0.858. The zero-order valence-corrected chi connectivity index (χ0v) is 13.5. The summed E-state index contributed by atoms with van der Waals surface area (Å²) in [6, 6.07) is 1.76. The number of hydrogen-bond donors (Lipinski definition) is 2. The number of carboxylic acid groups (broad SMARTS) is 1. The fourth-order valence-electron chi connectivity index (χ4n) is 2.95. The van der Waals surface area contributed by atoms with Crippen LogP contribution in [0.25, 0.3) is 0 Å². The Labute approximate surface area is 140 Å². The highest BCUT2D eigenvalue weighted by Crippen LogP contribution is 2.29. The van der Waals surface area contributed by atoms with E-state index >= 15 is 0 Å². The predicted molar refractivity (Wildman–Crippen MR) is 87.9 cm³/mol. The second kappa shape index (κ2) is 7.31. The van der Waals surface area contributed by atoms with Gasteiger partial charge in [-0.15, -0.1) is 0 Å². The molecule has 1 fully saturated rings. The van der Waals surface area contributed by atoms with Crippen LogP contribution < -0.4 is 5.32 Å². The molecule has 0 aliphatic carbocycles. The number of likely N-dealkylation sites (tertiary alicyclic amines) is 1. The van der Waals surface area contributed by atoms with Gasteiger partial charge < -0.3 is 10.4 Å². The average molecular weight is 328 g/mol. The summed E-state index contributed by atoms with van der Waals surface area (Å²) in [5, 5.41) is 12.2. The van der Waals surface area contributed by atoms with Gasteiger partial charge in [0.25, 0.3) is 0 Å². The number of rotatable bonds is 5. The van der Waals surface area contributed by atoms with E-state index in [0.717, 1.165) is 31.5 Å². The first-order valence-corrected chi connectivity index (χ1v) is 7.96. The molecule has 24 heavy (non-hydrogen) atoms. The van der Waals surface area contributed by atoms with Crippen LogP contribution in [-0.4, -0.2) is 49.0 Å². The molecule has 1 aliphatic heterocycles. The van der Waals surface area contributed by atoms with Gasteiger partial charge in [0.1, 0.15) is 17.5 Å². The van der Waals surface area contributed by atoms with Crippen LogP contribution in [0.4, 0.5) is 11.6 Å². The van der Waals surface area contributed by atoms with Crippen molar-refractivity contribution in [3.63, 3.8) is 0 Å². The maximum absolute atomic E-state index is 11.1. The summed E-state index contributed by atoms with van der Waals surface area (Å²) in [6.45, 7) is 2.66. The molecule has 0 radical (unpaired) electrons. The van der Waals surface area contributed by atoms with E-state index in [1.807, 2.05) is 17.9 Å². The molecule has 8 heteroatoms. The van der Waals surface area contributed by atoms with Crippen molar-refractivity contribution in [3.8, 4) is 0 Å². The summed E-state index contributed by atoms with van der Waals surface area (Å²) >= 11 is 0. The second-order valence-corrected chi connectivity index (χ2v) is 5.84. The molecular weight excluding hydrogens is 308 g/mol. The first kappa shape index (κ1) is 16.3. The van der Waals surface area contributed by atoms with Crippen molar-refractivity contribution >= 4 is 17.6 Å². The van der Waals surface area contributed by atoms with Crippen LogP contribution >= 0.6 is 0 Å². The first-order chi connectivity index (χ1) is 11.6. The van der Waals surface area contributed by atoms with Gasteiger partial charge in [0.05, 0.1) is 18.8 Å². The van der Waals surface area contributed by atoms with Crippen molar-refractivity contribution < 1.29 is 9.90 Å². The van der Waals surface area contributed by atoms with Crippen molar-refractivity contribution in [2.45, 2.75) is 32.2 Å². The highest BCUT2D eigenvalue weighted by molar-refractivity contribution is 5.69. The Bertz CT molecular complexity index is 709. The van der Waals surface area contributed by atoms with Crippen LogP contribution in [0.1, 0.15) is 36.8 Å². The average Bonchev–Trinajstić information content (AvgIpc) is 2.55. The molecule has 0 saturated carbocycles. The molecule has 1 atom stereocenters. The Hall–Kier alpha value is -2.61. The van der Waals surface area contributed by atoms with Crippen molar-refractivity contribution in [1.82, 2.24) is 24.8 Å². The van der Waals surface area contributed by atoms with Crippen LogP contribution in [-0.2, 0) is 4.79 Å². The van der Waals surface area contributed by atoms with Gasteiger partial charge in [0.15, 0.2) is 0 Å². The maximum atomic E-state index is 11.1. The Kier molecular flexibility index (Phi) is 4.95. The number of carboxylic acids is 1. The Morgan fingerprint density at radius 3 is 2.96 bits per heavy atom. The third-order valence-electron chi connectivity index (χ3n) is 3.94. The Morgan fingerprint density at radius 2 is 2.21 bits per heavy atom. The minimum absolute atomic E-state index is 0.00882. The van der Waals surface area contributed by atoms with Gasteiger partial charge in [0, 0.05) is 24.2 Å². The zero-order chi connectivity index (χ0) is 16.9. The molecule has 2 aromatic heterocycles. The van der Waals surface area contributed by atoms with Crippen molar-refractivity contribution in [1.29, 1.82) is 0 Å². The van der Waals surface area contributed by atoms with Gasteiger partial charge in [0.2, 0.25) is 0 Å². The number of aromatic nitrogens is 4. The molecule has 0 aromatic carbocycles. The largest absolute Gasteiger partial charge is 0.480 e. The zero-order valence-electron chi connectivity index (χ0n) is 13.5. The van der Waals surface area contributed by atoms with Crippen LogP contribution in [0.5, 0.6) is 0 Å². The van der Waals surface area contributed by atoms with Crippen LogP contribution in [0, 0.1) is 6.92 Å². The summed E-state index contributed by atoms with van der Waals surface area (Å²) in [7, 11) is 0. The van der Waals surface area contributed by atoms with E-state index in [9.17, 15) is 4.79 Å². The smallest absolute Gasteiger partial charge is 0.317 e. The lowest BCUT2D eigenvalue weighted by molar-refractivity contribution is -0.139. The molecule has 0 unspecified atom stereocenters. The minimum Gasteiger partial charge on any atom is -0.480 e. The number of carbonyl (C=O) groups is 1. The molecule has 3 heterocycles. The first-order valence-electron chi connectivity index (χ1n) is 7.96. The summed E-state index contributed by atoms with van der Waals surface area (Å²) in [4.78, 5) is 30.4. The number of nitrogens with zero attached hydrogens (tertiary/aromatic N) is 5. The molecule has 3 rings (SSSR count). The summed E-state index contributed by atoms with van der Waals surface area (Å²) < 4.78 is 0. The molecular formula is C16H20N6O2. The lowest BCUT2D eigenvalue weighted by atomic mass is 10.0. The van der Waals surface area contributed by atoms with Crippen LogP contribution in [0.3, 0.4) is 0 Å². The standard InChI is InChI=1S/C16H20N6O2/c1-11-8-13(20-14-9-17-5-6-18-14)21-16(19-11)12-4-2-3-7-22(12)10-15(23)24/h5-6,8-9,12H,2-4,7,10H2,1H3,(H,23,24)(H,18,19,20,21)/t12-/m0/s1. The molecule has 1 aliphatic rings. The molecule has 0 spiro atoms. The van der Waals surface area contributed by atoms with Crippen molar-refractivity contribution in [2.24, 2.45) is 0 Å². The van der Waals surface area contributed by atoms with Gasteiger partial charge in [-0.2, -0.15) is 0 Å². The van der Waals surface area contributed by atoms with Gasteiger partial charge in [-0.25, -0.2) is 15.0 Å². The van der Waals surface area contributed by atoms with Crippen LogP contribution in [0.2, 0.25) is 0 Å². The number of aliphatic carboxylic acids is 1. The monoisotopic (exact) mass is 328 g/mol. The van der Waals surface area contributed by atoms with E-state index in [1.165, 1.54) is 0 Å². The lowest BCUT2D eigenvalue weighted by Crippen LogP contribution is -2.38. The summed E-state index contributed by atoms with van der Waals surface area (Å²) in [5.41, 5.74) is 0.826. The normalized spacial score (nSPS) is 18.3. The van der Waals surface area contributed by atoms with Gasteiger partial charge >= 0.3 is 5.97 Å².